The molecule has 0 unspecified atom stereocenters. The van der Waals surface area contributed by atoms with Gasteiger partial charge in [-0.05, 0) is 56.5 Å². The smallest absolute Gasteiger partial charge is 0.242 e. The van der Waals surface area contributed by atoms with Gasteiger partial charge in [0, 0.05) is 24.7 Å². The lowest BCUT2D eigenvalue weighted by molar-refractivity contribution is 0.158. The van der Waals surface area contributed by atoms with Gasteiger partial charge >= 0.3 is 0 Å². The van der Waals surface area contributed by atoms with Crippen LogP contribution in [0.2, 0.25) is 0 Å². The molecule has 1 atom stereocenters. The topological polar surface area (TPSA) is 75.4 Å². The van der Waals surface area contributed by atoms with Crippen LogP contribution in [-0.2, 0) is 16.6 Å². The van der Waals surface area contributed by atoms with Crippen LogP contribution in [0.5, 0.6) is 0 Å². The molecule has 1 aliphatic heterocycles. The highest BCUT2D eigenvalue weighted by Crippen LogP contribution is 2.22. The van der Waals surface area contributed by atoms with E-state index in [-0.39, 0.29) is 10.8 Å². The second-order valence-electron chi connectivity index (χ2n) is 7.44. The van der Waals surface area contributed by atoms with E-state index in [1.165, 1.54) is 0 Å². The van der Waals surface area contributed by atoms with Gasteiger partial charge in [0.2, 0.25) is 10.0 Å². The van der Waals surface area contributed by atoms with Crippen molar-refractivity contribution in [2.45, 2.75) is 31.2 Å². The normalized spacial score (nSPS) is 18.5. The molecule has 6 nitrogen and oxygen atoms in total. The van der Waals surface area contributed by atoms with Gasteiger partial charge in [-0.1, -0.05) is 18.2 Å². The first kappa shape index (κ1) is 19.1. The first-order chi connectivity index (χ1) is 13.5. The number of hydrogen-bond donors (Lipinski definition) is 1. The number of sulfonamides is 1. The van der Waals surface area contributed by atoms with Crippen LogP contribution in [0.1, 0.15) is 24.4 Å². The van der Waals surface area contributed by atoms with Gasteiger partial charge in [-0.15, -0.1) is 0 Å². The number of fused-ring (bicyclic) bond motifs is 1. The predicted octanol–water partition coefficient (Wildman–Crippen LogP) is 3.33. The Morgan fingerprint density at radius 1 is 1.21 bits per heavy atom. The molecule has 0 aliphatic carbocycles. The molecule has 4 rings (SSSR count). The van der Waals surface area contributed by atoms with E-state index in [1.54, 1.807) is 18.3 Å². The summed E-state index contributed by atoms with van der Waals surface area (Å²) in [4.78, 5) is 6.84. The number of pyridine rings is 1. The summed E-state index contributed by atoms with van der Waals surface area (Å²) in [5, 5.41) is 0.822. The predicted molar refractivity (Wildman–Crippen MR) is 108 cm³/mol. The number of aromatic nitrogens is 1. The van der Waals surface area contributed by atoms with Crippen molar-refractivity contribution in [3.05, 3.63) is 60.2 Å². The first-order valence-electron chi connectivity index (χ1n) is 9.62. The molecule has 3 heterocycles. The van der Waals surface area contributed by atoms with Crippen LogP contribution in [0.15, 0.2) is 58.0 Å². The van der Waals surface area contributed by atoms with Crippen LogP contribution in [-0.4, -0.2) is 37.9 Å². The Labute approximate surface area is 165 Å². The minimum Gasteiger partial charge on any atom is -0.465 e. The second kappa shape index (κ2) is 8.03. The maximum Gasteiger partial charge on any atom is 0.242 e. The molecule has 0 radical (unpaired) electrons. The van der Waals surface area contributed by atoms with Crippen molar-refractivity contribution in [1.82, 2.24) is 14.6 Å². The number of likely N-dealkylation sites (tertiary alicyclic amines) is 1. The zero-order valence-electron chi connectivity index (χ0n) is 16.0. The third-order valence-electron chi connectivity index (χ3n) is 5.23. The van der Waals surface area contributed by atoms with Gasteiger partial charge in [-0.2, -0.15) is 0 Å². The van der Waals surface area contributed by atoms with E-state index in [4.69, 9.17) is 4.42 Å². The van der Waals surface area contributed by atoms with Gasteiger partial charge in [0.1, 0.15) is 16.4 Å². The zero-order valence-corrected chi connectivity index (χ0v) is 16.8. The van der Waals surface area contributed by atoms with Crippen LogP contribution in [0.4, 0.5) is 0 Å². The van der Waals surface area contributed by atoms with Crippen LogP contribution in [0, 0.1) is 12.8 Å². The fourth-order valence-electron chi connectivity index (χ4n) is 3.85. The van der Waals surface area contributed by atoms with Crippen molar-refractivity contribution in [2.24, 2.45) is 5.92 Å². The second-order valence-corrected chi connectivity index (χ2v) is 9.17. The number of hydrogen-bond acceptors (Lipinski definition) is 5. The third-order valence-corrected chi connectivity index (χ3v) is 6.68. The van der Waals surface area contributed by atoms with Crippen LogP contribution in [0.25, 0.3) is 10.9 Å². The SMILES string of the molecule is Cc1ccc(CN2CCC[C@H](CNS(=O)(=O)c3cccc4cccnc34)C2)o1. The molecule has 0 bridgehead atoms. The summed E-state index contributed by atoms with van der Waals surface area (Å²) < 4.78 is 34.3. The van der Waals surface area contributed by atoms with Gasteiger partial charge in [0.15, 0.2) is 0 Å². The van der Waals surface area contributed by atoms with Crippen LogP contribution < -0.4 is 4.72 Å². The maximum atomic E-state index is 12.9. The highest BCUT2D eigenvalue weighted by Gasteiger charge is 2.24. The van der Waals surface area contributed by atoms with E-state index in [9.17, 15) is 8.42 Å². The average molecular weight is 400 g/mol. The van der Waals surface area contributed by atoms with Crippen molar-refractivity contribution in [1.29, 1.82) is 0 Å². The lowest BCUT2D eigenvalue weighted by atomic mass is 9.98. The molecule has 7 heteroatoms. The Morgan fingerprint density at radius 2 is 2.07 bits per heavy atom. The molecule has 148 valence electrons. The Kier molecular flexibility index (Phi) is 5.48. The molecular formula is C21H25N3O3S. The number of furan rings is 1. The highest BCUT2D eigenvalue weighted by molar-refractivity contribution is 7.89. The van der Waals surface area contributed by atoms with E-state index in [0.717, 1.165) is 49.4 Å². The molecule has 1 N–H and O–H groups in total. The quantitative estimate of drug-likeness (QED) is 0.688. The Morgan fingerprint density at radius 3 is 2.89 bits per heavy atom. The molecule has 0 amide bonds. The number of nitrogens with one attached hydrogen (secondary N) is 1. The van der Waals surface area contributed by atoms with E-state index >= 15 is 0 Å². The Balaban J connectivity index is 1.41. The summed E-state index contributed by atoms with van der Waals surface area (Å²) in [5.41, 5.74) is 0.510. The Hall–Kier alpha value is -2.22. The van der Waals surface area contributed by atoms with Crippen molar-refractivity contribution < 1.29 is 12.8 Å². The number of benzene rings is 1. The summed E-state index contributed by atoms with van der Waals surface area (Å²) in [6.07, 6.45) is 3.70. The lowest BCUT2D eigenvalue weighted by Gasteiger charge is -2.32. The first-order valence-corrected chi connectivity index (χ1v) is 11.1. The van der Waals surface area contributed by atoms with Crippen LogP contribution >= 0.6 is 0 Å². The zero-order chi connectivity index (χ0) is 19.6. The molecule has 1 fully saturated rings. The molecule has 28 heavy (non-hydrogen) atoms. The largest absolute Gasteiger partial charge is 0.465 e. The molecule has 1 saturated heterocycles. The van der Waals surface area contributed by atoms with Gasteiger partial charge in [-0.3, -0.25) is 9.88 Å². The molecule has 1 aliphatic rings. The molecule has 1 aromatic carbocycles. The molecule has 0 saturated carbocycles. The molecule has 0 spiro atoms. The molecular weight excluding hydrogens is 374 g/mol. The van der Waals surface area contributed by atoms with Crippen molar-refractivity contribution in [3.8, 4) is 0 Å². The highest BCUT2D eigenvalue weighted by atomic mass is 32.2. The molecule has 2 aromatic heterocycles. The van der Waals surface area contributed by atoms with E-state index in [0.29, 0.717) is 12.1 Å². The summed E-state index contributed by atoms with van der Waals surface area (Å²) in [6, 6.07) is 12.9. The number of aryl methyl sites for hydroxylation is 1. The number of nitrogens with zero attached hydrogens (tertiary/aromatic N) is 2. The van der Waals surface area contributed by atoms with Crippen LogP contribution in [0.3, 0.4) is 0 Å². The van der Waals surface area contributed by atoms with Gasteiger partial charge < -0.3 is 4.42 Å². The van der Waals surface area contributed by atoms with Crippen molar-refractivity contribution in [2.75, 3.05) is 19.6 Å². The minimum absolute atomic E-state index is 0.240. The van der Waals surface area contributed by atoms with E-state index in [2.05, 4.69) is 14.6 Å². The van der Waals surface area contributed by atoms with Gasteiger partial charge in [-0.25, -0.2) is 13.1 Å². The average Bonchev–Trinajstić information content (AvgIpc) is 3.11. The summed E-state index contributed by atoms with van der Waals surface area (Å²) in [5.74, 6) is 2.16. The lowest BCUT2D eigenvalue weighted by Crippen LogP contribution is -2.40. The maximum absolute atomic E-state index is 12.9. The number of rotatable bonds is 6. The Bertz CT molecular complexity index is 1060. The number of para-hydroxylation sites is 1. The van der Waals surface area contributed by atoms with E-state index < -0.39 is 10.0 Å². The van der Waals surface area contributed by atoms with Crippen molar-refractivity contribution >= 4 is 20.9 Å². The van der Waals surface area contributed by atoms with Crippen molar-refractivity contribution in [3.63, 3.8) is 0 Å². The monoisotopic (exact) mass is 399 g/mol. The van der Waals surface area contributed by atoms with Gasteiger partial charge in [0.05, 0.1) is 12.1 Å². The number of piperidine rings is 1. The third kappa shape index (κ3) is 4.27. The van der Waals surface area contributed by atoms with Gasteiger partial charge in [0.25, 0.3) is 0 Å². The summed E-state index contributed by atoms with van der Waals surface area (Å²) in [7, 11) is -3.61. The molecule has 3 aromatic rings. The standard InChI is InChI=1S/C21H25N3O3S/c1-16-9-10-19(27-16)15-24-12-4-5-17(14-24)13-23-28(25,26)20-8-2-6-18-7-3-11-22-21(18)20/h2-3,6-11,17,23H,4-5,12-15H2,1H3/t17-/m1/s1. The fraction of sp³-hybridized carbons (Fsp3) is 0.381. The fourth-order valence-corrected chi connectivity index (χ4v) is 5.14. The minimum atomic E-state index is -3.61. The van der Waals surface area contributed by atoms with E-state index in [1.807, 2.05) is 37.3 Å². The summed E-state index contributed by atoms with van der Waals surface area (Å²) >= 11 is 0. The summed E-state index contributed by atoms with van der Waals surface area (Å²) in [6.45, 7) is 5.01.